The number of nitrogens with one attached hydrogen (secondary N) is 1. The topological polar surface area (TPSA) is 119 Å². The first-order chi connectivity index (χ1) is 20.0. The van der Waals surface area contributed by atoms with Gasteiger partial charge in [0.05, 0.1) is 39.5 Å². The maximum atomic E-state index is 13.6. The van der Waals surface area contributed by atoms with Crippen LogP contribution < -0.4 is 4.90 Å². The minimum absolute atomic E-state index is 0.0336. The van der Waals surface area contributed by atoms with E-state index in [1.165, 1.54) is 6.07 Å². The zero-order valence-electron chi connectivity index (χ0n) is 22.7. The van der Waals surface area contributed by atoms with E-state index in [-0.39, 0.29) is 24.7 Å². The molecule has 1 saturated heterocycles. The molecule has 10 heteroatoms. The maximum absolute atomic E-state index is 13.6. The molecule has 1 fully saturated rings. The second-order valence-electron chi connectivity index (χ2n) is 10.5. The maximum Gasteiger partial charge on any atom is 0.275 e. The molecule has 41 heavy (non-hydrogen) atoms. The Labute approximate surface area is 237 Å². The van der Waals surface area contributed by atoms with Crippen molar-refractivity contribution in [3.8, 4) is 0 Å². The fourth-order valence-electron chi connectivity index (χ4n) is 5.75. The van der Waals surface area contributed by atoms with Gasteiger partial charge in [0.25, 0.3) is 11.6 Å². The quantitative estimate of drug-likeness (QED) is 0.235. The smallest absolute Gasteiger partial charge is 0.275 e. The Hall–Kier alpha value is -4.38. The van der Waals surface area contributed by atoms with Crippen LogP contribution >= 0.6 is 0 Å². The number of benzene rings is 3. The van der Waals surface area contributed by atoms with E-state index < -0.39 is 4.92 Å². The van der Waals surface area contributed by atoms with Gasteiger partial charge in [-0.2, -0.15) is 5.10 Å². The number of carbonyl (C=O) groups is 1. The number of para-hydroxylation sites is 1. The molecule has 0 saturated carbocycles. The highest BCUT2D eigenvalue weighted by molar-refractivity contribution is 6.11. The minimum Gasteiger partial charge on any atom is -0.396 e. The number of nitro benzene ring substituents is 1. The molecule has 2 aliphatic rings. The predicted octanol–water partition coefficient (Wildman–Crippen LogP) is 4.30. The van der Waals surface area contributed by atoms with Crippen LogP contribution in [0.5, 0.6) is 0 Å². The molecule has 1 amide bonds. The summed E-state index contributed by atoms with van der Waals surface area (Å²) in [5, 5.41) is 29.3. The number of aliphatic hydroxyl groups is 1. The van der Waals surface area contributed by atoms with Crippen LogP contribution in [0.25, 0.3) is 23.1 Å². The lowest BCUT2D eigenvalue weighted by molar-refractivity contribution is -0.385. The number of anilines is 1. The SMILES string of the molecule is O=C1c2cccc([N+](=O)[O-])c2CN1c1cc(CN2CCN(CCCO)CC2)ccc1/C=C/c1n[nH]c2ccccc12. The van der Waals surface area contributed by atoms with Crippen molar-refractivity contribution in [3.63, 3.8) is 0 Å². The van der Waals surface area contributed by atoms with Crippen LogP contribution in [0.2, 0.25) is 0 Å². The second kappa shape index (κ2) is 11.6. The molecule has 3 aromatic carbocycles. The monoisotopic (exact) mass is 552 g/mol. The van der Waals surface area contributed by atoms with Crippen LogP contribution in [-0.4, -0.2) is 75.3 Å². The van der Waals surface area contributed by atoms with Crippen LogP contribution in [0.3, 0.4) is 0 Å². The Bertz CT molecular complexity index is 1620. The van der Waals surface area contributed by atoms with Gasteiger partial charge in [0.2, 0.25) is 0 Å². The molecule has 0 bridgehead atoms. The summed E-state index contributed by atoms with van der Waals surface area (Å²) in [5.74, 6) is -0.238. The Kier molecular flexibility index (Phi) is 7.60. The zero-order chi connectivity index (χ0) is 28.3. The van der Waals surface area contributed by atoms with Crippen LogP contribution in [-0.2, 0) is 13.1 Å². The second-order valence-corrected chi connectivity index (χ2v) is 10.5. The van der Waals surface area contributed by atoms with Gasteiger partial charge in [-0.15, -0.1) is 0 Å². The molecule has 2 N–H and O–H groups in total. The van der Waals surface area contributed by atoms with E-state index in [0.29, 0.717) is 11.1 Å². The van der Waals surface area contributed by atoms with E-state index >= 15 is 0 Å². The minimum atomic E-state index is -0.421. The summed E-state index contributed by atoms with van der Waals surface area (Å²) in [4.78, 5) is 31.3. The molecule has 6 rings (SSSR count). The third-order valence-electron chi connectivity index (χ3n) is 7.95. The van der Waals surface area contributed by atoms with Crippen LogP contribution in [0.15, 0.2) is 60.7 Å². The normalized spacial score (nSPS) is 16.2. The lowest BCUT2D eigenvalue weighted by atomic mass is 10.1. The van der Waals surface area contributed by atoms with Gasteiger partial charge >= 0.3 is 0 Å². The lowest BCUT2D eigenvalue weighted by Gasteiger charge is -2.34. The highest BCUT2D eigenvalue weighted by Crippen LogP contribution is 2.36. The third kappa shape index (κ3) is 5.49. The van der Waals surface area contributed by atoms with Gasteiger partial charge < -0.3 is 14.9 Å². The number of nitrogens with zero attached hydrogens (tertiary/aromatic N) is 5. The number of aliphatic hydroxyl groups excluding tert-OH is 1. The molecule has 1 aromatic heterocycles. The summed E-state index contributed by atoms with van der Waals surface area (Å²) in [6, 6.07) is 18.7. The Morgan fingerprint density at radius 2 is 1.80 bits per heavy atom. The first-order valence-corrected chi connectivity index (χ1v) is 13.9. The highest BCUT2D eigenvalue weighted by atomic mass is 16.6. The summed E-state index contributed by atoms with van der Waals surface area (Å²) >= 11 is 0. The van der Waals surface area contributed by atoms with Gasteiger partial charge in [0.15, 0.2) is 0 Å². The highest BCUT2D eigenvalue weighted by Gasteiger charge is 2.35. The van der Waals surface area contributed by atoms with Crippen LogP contribution in [0, 0.1) is 10.1 Å². The van der Waals surface area contributed by atoms with Crippen molar-refractivity contribution in [2.75, 3.05) is 44.2 Å². The van der Waals surface area contributed by atoms with Crippen molar-refractivity contribution in [1.82, 2.24) is 20.0 Å². The van der Waals surface area contributed by atoms with E-state index in [1.54, 1.807) is 17.0 Å². The fraction of sp³-hybridized carbons (Fsp3) is 0.290. The number of hydrogen-bond acceptors (Lipinski definition) is 7. The number of aromatic nitrogens is 2. The zero-order valence-corrected chi connectivity index (χ0v) is 22.7. The average Bonchev–Trinajstić information content (AvgIpc) is 3.56. The van der Waals surface area contributed by atoms with Gasteiger partial charge in [-0.1, -0.05) is 42.5 Å². The van der Waals surface area contributed by atoms with E-state index in [9.17, 15) is 14.9 Å². The number of hydrogen-bond donors (Lipinski definition) is 2. The number of carbonyl (C=O) groups excluding carboxylic acids is 1. The lowest BCUT2D eigenvalue weighted by Crippen LogP contribution is -2.46. The van der Waals surface area contributed by atoms with Crippen molar-refractivity contribution in [3.05, 3.63) is 98.7 Å². The Morgan fingerprint density at radius 3 is 2.61 bits per heavy atom. The molecule has 10 nitrogen and oxygen atoms in total. The van der Waals surface area contributed by atoms with Gasteiger partial charge in [-0.3, -0.25) is 24.9 Å². The van der Waals surface area contributed by atoms with Crippen LogP contribution in [0.4, 0.5) is 11.4 Å². The molecule has 4 aromatic rings. The largest absolute Gasteiger partial charge is 0.396 e. The molecule has 0 spiro atoms. The van der Waals surface area contributed by atoms with Crippen molar-refractivity contribution in [2.24, 2.45) is 0 Å². The molecule has 0 radical (unpaired) electrons. The fourth-order valence-corrected chi connectivity index (χ4v) is 5.75. The number of fused-ring (bicyclic) bond motifs is 2. The van der Waals surface area contributed by atoms with E-state index in [0.717, 1.165) is 79.1 Å². The Balaban J connectivity index is 1.31. The number of amides is 1. The number of aromatic amines is 1. The van der Waals surface area contributed by atoms with Crippen molar-refractivity contribution < 1.29 is 14.8 Å². The summed E-state index contributed by atoms with van der Waals surface area (Å²) in [7, 11) is 0. The molecular formula is C31H32N6O4. The van der Waals surface area contributed by atoms with Crippen molar-refractivity contribution in [2.45, 2.75) is 19.5 Å². The molecule has 0 atom stereocenters. The van der Waals surface area contributed by atoms with E-state index in [2.05, 4.69) is 26.1 Å². The van der Waals surface area contributed by atoms with E-state index in [1.807, 2.05) is 48.6 Å². The molecule has 3 heterocycles. The number of H-pyrrole nitrogens is 1. The number of rotatable bonds is 9. The number of piperazine rings is 1. The summed E-state index contributed by atoms with van der Waals surface area (Å²) in [6.45, 7) is 5.76. The third-order valence-corrected chi connectivity index (χ3v) is 7.95. The van der Waals surface area contributed by atoms with Gasteiger partial charge in [-0.25, -0.2) is 0 Å². The molecule has 2 aliphatic heterocycles. The van der Waals surface area contributed by atoms with Crippen molar-refractivity contribution >= 4 is 40.3 Å². The predicted molar refractivity (Wildman–Crippen MR) is 158 cm³/mol. The summed E-state index contributed by atoms with van der Waals surface area (Å²) in [6.07, 6.45) is 4.67. The van der Waals surface area contributed by atoms with Gasteiger partial charge in [0.1, 0.15) is 0 Å². The molecular weight excluding hydrogens is 520 g/mol. The molecule has 210 valence electrons. The Morgan fingerprint density at radius 1 is 1.00 bits per heavy atom. The molecule has 0 aliphatic carbocycles. The standard InChI is InChI=1S/C31H32N6O4/c38-18-4-13-34-14-16-35(17-15-34)20-22-9-10-23(11-12-28-25-5-1-2-7-27(25)32-33-28)30(19-22)36-21-26-24(31(36)39)6-3-8-29(26)37(40)41/h1-3,5-12,19,38H,4,13-18,20-21H2,(H,32,33)/b12-11+. The molecule has 0 unspecified atom stereocenters. The van der Waals surface area contributed by atoms with Crippen molar-refractivity contribution in [1.29, 1.82) is 0 Å². The average molecular weight is 553 g/mol. The summed E-state index contributed by atoms with van der Waals surface area (Å²) in [5.41, 5.74) is 5.14. The first-order valence-electron chi connectivity index (χ1n) is 13.9. The van der Waals surface area contributed by atoms with E-state index in [4.69, 9.17) is 5.11 Å². The number of nitro groups is 1. The van der Waals surface area contributed by atoms with Gasteiger partial charge in [0, 0.05) is 57.3 Å². The van der Waals surface area contributed by atoms with Gasteiger partial charge in [-0.05, 0) is 41.8 Å². The first kappa shape index (κ1) is 26.8. The van der Waals surface area contributed by atoms with Crippen LogP contribution in [0.1, 0.15) is 39.2 Å². The summed E-state index contributed by atoms with van der Waals surface area (Å²) < 4.78 is 0.